The fourth-order valence-corrected chi connectivity index (χ4v) is 3.73. The van der Waals surface area contributed by atoms with Crippen molar-refractivity contribution in [2.24, 2.45) is 5.92 Å². The number of hydrogen-bond acceptors (Lipinski definition) is 4. The van der Waals surface area contributed by atoms with Gasteiger partial charge in [0.2, 0.25) is 0 Å². The molecular formula is C19H23FN4O2. The minimum absolute atomic E-state index is 0.172. The van der Waals surface area contributed by atoms with Crippen molar-refractivity contribution >= 4 is 5.91 Å². The van der Waals surface area contributed by atoms with Crippen LogP contribution in [0.4, 0.5) is 4.39 Å². The first kappa shape index (κ1) is 17.1. The normalized spacial score (nSPS) is 25.5. The summed E-state index contributed by atoms with van der Waals surface area (Å²) in [6.07, 6.45) is 4.10. The predicted molar refractivity (Wildman–Crippen MR) is 92.8 cm³/mol. The first-order valence-electron chi connectivity index (χ1n) is 9.20. The van der Waals surface area contributed by atoms with Crippen molar-refractivity contribution in [3.8, 4) is 0 Å². The summed E-state index contributed by atoms with van der Waals surface area (Å²) in [5.74, 6) is 0.290. The number of nitrogens with one attached hydrogen (secondary N) is 1. The SMILES string of the molecule is CC1CCC(NC(=O)c2nnn3c2CO[C@@H](c2ccc(F)cc2)C3)CC1. The summed E-state index contributed by atoms with van der Waals surface area (Å²) in [7, 11) is 0. The van der Waals surface area contributed by atoms with Crippen LogP contribution in [0.1, 0.15) is 60.5 Å². The van der Waals surface area contributed by atoms with Crippen molar-refractivity contribution in [2.75, 3.05) is 0 Å². The topological polar surface area (TPSA) is 69.0 Å². The number of ether oxygens (including phenoxy) is 1. The summed E-state index contributed by atoms with van der Waals surface area (Å²) < 4.78 is 20.7. The first-order valence-corrected chi connectivity index (χ1v) is 9.20. The standard InChI is InChI=1S/C19H23FN4O2/c1-12-2-8-15(9-3-12)21-19(25)18-16-11-26-17(10-24(16)23-22-18)13-4-6-14(20)7-5-13/h4-7,12,15,17H,2-3,8-11H2,1H3,(H,21,25)/t12?,15?,17-/m1/s1. The zero-order valence-electron chi connectivity index (χ0n) is 14.8. The number of nitrogens with zero attached hydrogens (tertiary/aromatic N) is 3. The van der Waals surface area contributed by atoms with Crippen molar-refractivity contribution in [1.29, 1.82) is 0 Å². The van der Waals surface area contributed by atoms with E-state index in [9.17, 15) is 9.18 Å². The van der Waals surface area contributed by atoms with Gasteiger partial charge < -0.3 is 10.1 Å². The summed E-state index contributed by atoms with van der Waals surface area (Å²) in [6.45, 7) is 2.98. The highest BCUT2D eigenvalue weighted by atomic mass is 19.1. The van der Waals surface area contributed by atoms with Gasteiger partial charge in [0.1, 0.15) is 11.9 Å². The highest BCUT2D eigenvalue weighted by Gasteiger charge is 2.29. The predicted octanol–water partition coefficient (Wildman–Crippen LogP) is 3.00. The minimum atomic E-state index is -0.276. The zero-order chi connectivity index (χ0) is 18.1. The van der Waals surface area contributed by atoms with E-state index in [1.165, 1.54) is 12.1 Å². The van der Waals surface area contributed by atoms with Crippen LogP contribution in [-0.4, -0.2) is 26.9 Å². The first-order chi connectivity index (χ1) is 12.6. The average Bonchev–Trinajstić information content (AvgIpc) is 3.07. The molecule has 1 aromatic heterocycles. The molecule has 2 heterocycles. The minimum Gasteiger partial charge on any atom is -0.365 e. The van der Waals surface area contributed by atoms with Crippen LogP contribution < -0.4 is 5.32 Å². The molecule has 4 rings (SSSR count). The van der Waals surface area contributed by atoms with Crippen LogP contribution in [0.5, 0.6) is 0 Å². The Labute approximate surface area is 151 Å². The number of hydrogen-bond donors (Lipinski definition) is 1. The Kier molecular flexibility index (Phi) is 4.72. The van der Waals surface area contributed by atoms with Gasteiger partial charge >= 0.3 is 0 Å². The molecular weight excluding hydrogens is 335 g/mol. The Morgan fingerprint density at radius 1 is 1.23 bits per heavy atom. The quantitative estimate of drug-likeness (QED) is 0.916. The van der Waals surface area contributed by atoms with Crippen LogP contribution in [0, 0.1) is 11.7 Å². The Balaban J connectivity index is 1.43. The van der Waals surface area contributed by atoms with Crippen LogP contribution in [0.3, 0.4) is 0 Å². The number of rotatable bonds is 3. The second kappa shape index (κ2) is 7.15. The number of carbonyl (C=O) groups is 1. The maximum Gasteiger partial charge on any atom is 0.274 e. The fourth-order valence-electron chi connectivity index (χ4n) is 3.73. The van der Waals surface area contributed by atoms with E-state index in [1.54, 1.807) is 16.8 Å². The van der Waals surface area contributed by atoms with Gasteiger partial charge in [-0.1, -0.05) is 24.3 Å². The summed E-state index contributed by atoms with van der Waals surface area (Å²) in [5, 5.41) is 11.3. The van der Waals surface area contributed by atoms with E-state index >= 15 is 0 Å². The van der Waals surface area contributed by atoms with Gasteiger partial charge in [-0.25, -0.2) is 9.07 Å². The summed E-state index contributed by atoms with van der Waals surface area (Å²) in [4.78, 5) is 12.6. The van der Waals surface area contributed by atoms with Crippen LogP contribution in [0.15, 0.2) is 24.3 Å². The number of carbonyl (C=O) groups excluding carboxylic acids is 1. The molecule has 138 valence electrons. The van der Waals surface area contributed by atoms with E-state index in [0.717, 1.165) is 37.2 Å². The Hall–Kier alpha value is -2.28. The van der Waals surface area contributed by atoms with E-state index in [2.05, 4.69) is 22.6 Å². The van der Waals surface area contributed by atoms with E-state index in [-0.39, 0.29) is 30.5 Å². The van der Waals surface area contributed by atoms with Crippen LogP contribution >= 0.6 is 0 Å². The lowest BCUT2D eigenvalue weighted by Crippen LogP contribution is -2.38. The van der Waals surface area contributed by atoms with Gasteiger partial charge in [0.15, 0.2) is 5.69 Å². The third-order valence-corrected chi connectivity index (χ3v) is 5.41. The molecule has 1 aliphatic heterocycles. The molecule has 1 aliphatic carbocycles. The monoisotopic (exact) mass is 358 g/mol. The Bertz CT molecular complexity index is 781. The van der Waals surface area contributed by atoms with E-state index in [0.29, 0.717) is 17.9 Å². The number of benzene rings is 1. The molecule has 0 unspecified atom stereocenters. The molecule has 0 radical (unpaired) electrons. The molecule has 0 spiro atoms. The van der Waals surface area contributed by atoms with Crippen molar-refractivity contribution in [1.82, 2.24) is 20.3 Å². The zero-order valence-corrected chi connectivity index (χ0v) is 14.8. The second-order valence-electron chi connectivity index (χ2n) is 7.35. The van der Waals surface area contributed by atoms with Crippen LogP contribution in [0.25, 0.3) is 0 Å². The van der Waals surface area contributed by atoms with E-state index in [4.69, 9.17) is 4.74 Å². The molecule has 0 bridgehead atoms. The number of amides is 1. The highest BCUT2D eigenvalue weighted by Crippen LogP contribution is 2.28. The molecule has 1 N–H and O–H groups in total. The largest absolute Gasteiger partial charge is 0.365 e. The molecule has 1 fully saturated rings. The number of halogens is 1. The van der Waals surface area contributed by atoms with Crippen molar-refractivity contribution in [3.05, 3.63) is 47.0 Å². The molecule has 26 heavy (non-hydrogen) atoms. The van der Waals surface area contributed by atoms with Gasteiger partial charge in [-0.15, -0.1) is 5.10 Å². The maximum absolute atomic E-state index is 13.1. The van der Waals surface area contributed by atoms with E-state index < -0.39 is 0 Å². The van der Waals surface area contributed by atoms with Gasteiger partial charge in [0, 0.05) is 6.04 Å². The molecule has 1 amide bonds. The second-order valence-corrected chi connectivity index (χ2v) is 7.35. The maximum atomic E-state index is 13.1. The van der Waals surface area contributed by atoms with Gasteiger partial charge in [0.05, 0.1) is 18.8 Å². The molecule has 1 atom stereocenters. The lowest BCUT2D eigenvalue weighted by Gasteiger charge is -2.27. The van der Waals surface area contributed by atoms with Gasteiger partial charge in [-0.3, -0.25) is 4.79 Å². The lowest BCUT2D eigenvalue weighted by atomic mass is 9.87. The van der Waals surface area contributed by atoms with Crippen molar-refractivity contribution < 1.29 is 13.9 Å². The highest BCUT2D eigenvalue weighted by molar-refractivity contribution is 5.93. The summed E-state index contributed by atoms with van der Waals surface area (Å²) >= 11 is 0. The molecule has 0 saturated heterocycles. The average molecular weight is 358 g/mol. The number of fused-ring (bicyclic) bond motifs is 1. The molecule has 2 aromatic rings. The van der Waals surface area contributed by atoms with E-state index in [1.807, 2.05) is 0 Å². The van der Waals surface area contributed by atoms with Crippen LogP contribution in [-0.2, 0) is 17.9 Å². The Morgan fingerprint density at radius 3 is 2.69 bits per heavy atom. The van der Waals surface area contributed by atoms with Gasteiger partial charge in [-0.2, -0.15) is 0 Å². The van der Waals surface area contributed by atoms with Gasteiger partial charge in [0.25, 0.3) is 5.91 Å². The smallest absolute Gasteiger partial charge is 0.274 e. The lowest BCUT2D eigenvalue weighted by molar-refractivity contribution is -0.00182. The van der Waals surface area contributed by atoms with Crippen molar-refractivity contribution in [2.45, 2.75) is 57.9 Å². The fraction of sp³-hybridized carbons (Fsp3) is 0.526. The molecule has 7 heteroatoms. The third-order valence-electron chi connectivity index (χ3n) is 5.41. The molecule has 2 aliphatic rings. The molecule has 1 saturated carbocycles. The number of aromatic nitrogens is 3. The van der Waals surface area contributed by atoms with Crippen molar-refractivity contribution in [3.63, 3.8) is 0 Å². The Morgan fingerprint density at radius 2 is 1.96 bits per heavy atom. The van der Waals surface area contributed by atoms with Crippen LogP contribution in [0.2, 0.25) is 0 Å². The summed E-state index contributed by atoms with van der Waals surface area (Å²) in [6, 6.07) is 6.46. The molecule has 1 aromatic carbocycles. The molecule has 6 nitrogen and oxygen atoms in total. The summed E-state index contributed by atoms with van der Waals surface area (Å²) in [5.41, 5.74) is 1.93. The van der Waals surface area contributed by atoms with Gasteiger partial charge in [-0.05, 0) is 49.3 Å². The third kappa shape index (κ3) is 3.49.